The van der Waals surface area contributed by atoms with E-state index in [4.69, 9.17) is 5.73 Å². The molecule has 0 saturated carbocycles. The van der Waals surface area contributed by atoms with Crippen molar-refractivity contribution in [3.63, 3.8) is 0 Å². The molecule has 3 N–H and O–H groups in total. The van der Waals surface area contributed by atoms with Crippen molar-refractivity contribution in [1.82, 2.24) is 9.97 Å². The Morgan fingerprint density at radius 2 is 1.90 bits per heavy atom. The molecule has 1 amide bonds. The minimum absolute atomic E-state index is 0.0383. The first kappa shape index (κ1) is 19.9. The number of nitrogens with zero attached hydrogens (tertiary/aromatic N) is 3. The maximum Gasteiger partial charge on any atom is 0.416 e. The molecule has 4 rings (SSSR count). The SMILES string of the molecule is NC(=O)c1cccc2c(NC3CCCN(c4ccc(C(F)(F)F)cc4)C3)ncnc12. The Balaban J connectivity index is 1.54. The molecule has 2 aromatic carbocycles. The Labute approximate surface area is 170 Å². The molecule has 1 unspecified atom stereocenters. The first-order valence-electron chi connectivity index (χ1n) is 9.55. The summed E-state index contributed by atoms with van der Waals surface area (Å²) in [7, 11) is 0. The molecule has 1 aliphatic heterocycles. The van der Waals surface area contributed by atoms with Gasteiger partial charge in [-0.1, -0.05) is 6.07 Å². The van der Waals surface area contributed by atoms with Gasteiger partial charge in [0.2, 0.25) is 0 Å². The molecule has 1 aromatic heterocycles. The number of halogens is 3. The lowest BCUT2D eigenvalue weighted by Crippen LogP contribution is -2.42. The number of carbonyl (C=O) groups is 1. The predicted molar refractivity (Wildman–Crippen MR) is 108 cm³/mol. The van der Waals surface area contributed by atoms with Gasteiger partial charge >= 0.3 is 6.18 Å². The van der Waals surface area contributed by atoms with Crippen molar-refractivity contribution in [1.29, 1.82) is 0 Å². The summed E-state index contributed by atoms with van der Waals surface area (Å²) >= 11 is 0. The fraction of sp³-hybridized carbons (Fsp3) is 0.286. The van der Waals surface area contributed by atoms with Gasteiger partial charge in [-0.3, -0.25) is 4.79 Å². The highest BCUT2D eigenvalue weighted by atomic mass is 19.4. The molecule has 1 fully saturated rings. The molecule has 1 atom stereocenters. The largest absolute Gasteiger partial charge is 0.416 e. The van der Waals surface area contributed by atoms with Crippen molar-refractivity contribution < 1.29 is 18.0 Å². The van der Waals surface area contributed by atoms with Crippen LogP contribution in [0.4, 0.5) is 24.7 Å². The van der Waals surface area contributed by atoms with E-state index in [-0.39, 0.29) is 6.04 Å². The zero-order chi connectivity index (χ0) is 21.3. The van der Waals surface area contributed by atoms with Crippen LogP contribution < -0.4 is 16.0 Å². The second-order valence-electron chi connectivity index (χ2n) is 7.26. The van der Waals surface area contributed by atoms with Crippen LogP contribution in [0.25, 0.3) is 10.9 Å². The summed E-state index contributed by atoms with van der Waals surface area (Å²) in [5.41, 5.74) is 6.34. The molecule has 1 aliphatic rings. The number of nitrogens with one attached hydrogen (secondary N) is 1. The standard InChI is InChI=1S/C21H20F3N5O/c22-21(23,24)13-6-8-15(9-7-13)29-10-2-3-14(11-29)28-20-17-5-1-4-16(19(25)30)18(17)26-12-27-20/h1,4-9,12,14H,2-3,10-11H2,(H2,25,30)(H,26,27,28). The number of alkyl halides is 3. The molecule has 0 spiro atoms. The lowest BCUT2D eigenvalue weighted by atomic mass is 10.0. The Hall–Kier alpha value is -3.36. The molecule has 6 nitrogen and oxygen atoms in total. The van der Waals surface area contributed by atoms with E-state index >= 15 is 0 Å². The zero-order valence-corrected chi connectivity index (χ0v) is 16.0. The fourth-order valence-corrected chi connectivity index (χ4v) is 3.79. The van der Waals surface area contributed by atoms with Gasteiger partial charge in [-0.25, -0.2) is 9.97 Å². The first-order valence-corrected chi connectivity index (χ1v) is 9.55. The topological polar surface area (TPSA) is 84.1 Å². The monoisotopic (exact) mass is 415 g/mol. The van der Waals surface area contributed by atoms with Gasteiger partial charge in [-0.15, -0.1) is 0 Å². The van der Waals surface area contributed by atoms with E-state index in [1.807, 2.05) is 6.07 Å². The Bertz CT molecular complexity index is 1070. The predicted octanol–water partition coefficient (Wildman–Crippen LogP) is 3.83. The van der Waals surface area contributed by atoms with Gasteiger partial charge in [0.05, 0.1) is 16.6 Å². The van der Waals surface area contributed by atoms with Gasteiger partial charge in [0, 0.05) is 30.2 Å². The normalized spacial score (nSPS) is 17.2. The number of benzene rings is 2. The smallest absolute Gasteiger partial charge is 0.369 e. The van der Waals surface area contributed by atoms with Crippen LogP contribution in [-0.4, -0.2) is 35.0 Å². The van der Waals surface area contributed by atoms with Crippen molar-refractivity contribution in [2.24, 2.45) is 5.73 Å². The van der Waals surface area contributed by atoms with Crippen molar-refractivity contribution >= 4 is 28.3 Å². The number of nitrogens with two attached hydrogens (primary N) is 1. The molecule has 9 heteroatoms. The van der Waals surface area contributed by atoms with Crippen molar-refractivity contribution in [2.75, 3.05) is 23.3 Å². The molecule has 1 saturated heterocycles. The number of para-hydroxylation sites is 1. The number of hydrogen-bond donors (Lipinski definition) is 2. The lowest BCUT2D eigenvalue weighted by molar-refractivity contribution is -0.137. The number of primary amides is 1. The van der Waals surface area contributed by atoms with E-state index < -0.39 is 17.6 Å². The third kappa shape index (κ3) is 4.00. The first-order chi connectivity index (χ1) is 14.3. The zero-order valence-electron chi connectivity index (χ0n) is 16.0. The molecule has 3 aromatic rings. The van der Waals surface area contributed by atoms with E-state index in [1.54, 1.807) is 12.1 Å². The number of amides is 1. The van der Waals surface area contributed by atoms with E-state index in [0.29, 0.717) is 28.8 Å². The van der Waals surface area contributed by atoms with E-state index in [0.717, 1.165) is 37.2 Å². The maximum absolute atomic E-state index is 12.8. The summed E-state index contributed by atoms with van der Waals surface area (Å²) < 4.78 is 38.4. The summed E-state index contributed by atoms with van der Waals surface area (Å²) in [6, 6.07) is 10.4. The van der Waals surface area contributed by atoms with E-state index in [1.165, 1.54) is 18.5 Å². The quantitative estimate of drug-likeness (QED) is 0.677. The number of rotatable bonds is 4. The molecule has 2 heterocycles. The summed E-state index contributed by atoms with van der Waals surface area (Å²) in [6.45, 7) is 1.38. The van der Waals surface area contributed by atoms with Gasteiger partial charge in [-0.05, 0) is 49.2 Å². The van der Waals surface area contributed by atoms with Crippen LogP contribution >= 0.6 is 0 Å². The van der Waals surface area contributed by atoms with Crippen molar-refractivity contribution in [3.8, 4) is 0 Å². The summed E-state index contributed by atoms with van der Waals surface area (Å²) in [5, 5.41) is 4.10. The molecule has 30 heavy (non-hydrogen) atoms. The minimum atomic E-state index is -4.34. The van der Waals surface area contributed by atoms with Crippen LogP contribution in [0.2, 0.25) is 0 Å². The van der Waals surface area contributed by atoms with Gasteiger partial charge in [-0.2, -0.15) is 13.2 Å². The average molecular weight is 415 g/mol. The number of aromatic nitrogens is 2. The van der Waals surface area contributed by atoms with Gasteiger partial charge in [0.1, 0.15) is 12.1 Å². The van der Waals surface area contributed by atoms with E-state index in [9.17, 15) is 18.0 Å². The van der Waals surface area contributed by atoms with Crippen LogP contribution in [0, 0.1) is 0 Å². The number of fused-ring (bicyclic) bond motifs is 1. The number of carbonyl (C=O) groups excluding carboxylic acids is 1. The highest BCUT2D eigenvalue weighted by Crippen LogP contribution is 2.31. The molecular formula is C21H20F3N5O. The third-order valence-corrected chi connectivity index (χ3v) is 5.25. The Kier molecular flexibility index (Phi) is 5.19. The van der Waals surface area contributed by atoms with Crippen LogP contribution in [0.3, 0.4) is 0 Å². The molecule has 0 bridgehead atoms. The minimum Gasteiger partial charge on any atom is -0.369 e. The number of hydrogen-bond acceptors (Lipinski definition) is 5. The van der Waals surface area contributed by atoms with Gasteiger partial charge < -0.3 is 16.0 Å². The van der Waals surface area contributed by atoms with Crippen molar-refractivity contribution in [2.45, 2.75) is 25.1 Å². The maximum atomic E-state index is 12.8. The van der Waals surface area contributed by atoms with Gasteiger partial charge in [0.15, 0.2) is 0 Å². The van der Waals surface area contributed by atoms with Crippen LogP contribution in [0.5, 0.6) is 0 Å². The Morgan fingerprint density at radius 1 is 1.13 bits per heavy atom. The summed E-state index contributed by atoms with van der Waals surface area (Å²) in [6.07, 6.45) is -1.19. The lowest BCUT2D eigenvalue weighted by Gasteiger charge is -2.35. The molecule has 156 valence electrons. The Morgan fingerprint density at radius 3 is 2.60 bits per heavy atom. The second-order valence-corrected chi connectivity index (χ2v) is 7.26. The molecular weight excluding hydrogens is 395 g/mol. The number of anilines is 2. The van der Waals surface area contributed by atoms with Crippen LogP contribution in [-0.2, 0) is 6.18 Å². The summed E-state index contributed by atoms with van der Waals surface area (Å²) in [5.74, 6) is 0.0405. The van der Waals surface area contributed by atoms with Gasteiger partial charge in [0.25, 0.3) is 5.91 Å². The van der Waals surface area contributed by atoms with Crippen LogP contribution in [0.1, 0.15) is 28.8 Å². The average Bonchev–Trinajstić information content (AvgIpc) is 2.73. The van der Waals surface area contributed by atoms with Crippen molar-refractivity contribution in [3.05, 3.63) is 59.9 Å². The van der Waals surface area contributed by atoms with Crippen LogP contribution in [0.15, 0.2) is 48.8 Å². The fourth-order valence-electron chi connectivity index (χ4n) is 3.79. The highest BCUT2D eigenvalue weighted by molar-refractivity contribution is 6.06. The van der Waals surface area contributed by atoms with E-state index in [2.05, 4.69) is 20.2 Å². The number of piperidine rings is 1. The third-order valence-electron chi connectivity index (χ3n) is 5.25. The molecule has 0 aliphatic carbocycles. The summed E-state index contributed by atoms with van der Waals surface area (Å²) in [4.78, 5) is 22.2. The second kappa shape index (κ2) is 7.81. The molecule has 0 radical (unpaired) electrons. The highest BCUT2D eigenvalue weighted by Gasteiger charge is 2.30.